The van der Waals surface area contributed by atoms with Crippen molar-refractivity contribution in [2.24, 2.45) is 7.05 Å². The molecule has 1 aliphatic rings. The molecule has 0 radical (unpaired) electrons. The van der Waals surface area contributed by atoms with Crippen molar-refractivity contribution in [2.45, 2.75) is 22.6 Å². The van der Waals surface area contributed by atoms with Gasteiger partial charge in [-0.1, -0.05) is 6.07 Å². The highest BCUT2D eigenvalue weighted by molar-refractivity contribution is 7.92. The van der Waals surface area contributed by atoms with Crippen LogP contribution < -0.4 is 10.5 Å². The summed E-state index contributed by atoms with van der Waals surface area (Å²) in [5.74, 6) is -0.595. The molecule has 0 spiro atoms. The number of nitrogens with zero attached hydrogens (tertiary/aromatic N) is 2. The molecular formula is C18H19N3O6S2. The zero-order valence-corrected chi connectivity index (χ0v) is 17.2. The third kappa shape index (κ3) is 3.56. The van der Waals surface area contributed by atoms with Crippen molar-refractivity contribution < 1.29 is 21.3 Å². The van der Waals surface area contributed by atoms with Gasteiger partial charge in [-0.3, -0.25) is 9.29 Å². The normalized spacial score (nSPS) is 15.8. The second-order valence-electron chi connectivity index (χ2n) is 6.80. The predicted molar refractivity (Wildman–Crippen MR) is 107 cm³/mol. The Labute approximate surface area is 167 Å². The number of anilines is 1. The Kier molecular flexibility index (Phi) is 4.75. The third-order valence-corrected chi connectivity index (χ3v) is 8.14. The average Bonchev–Trinajstić information content (AvgIpc) is 3.31. The van der Waals surface area contributed by atoms with E-state index >= 15 is 0 Å². The molecule has 11 heteroatoms. The molecule has 154 valence electrons. The lowest BCUT2D eigenvalue weighted by atomic mass is 10.3. The van der Waals surface area contributed by atoms with Crippen LogP contribution >= 0.6 is 0 Å². The highest BCUT2D eigenvalue weighted by Crippen LogP contribution is 2.25. The number of oxazole rings is 1. The van der Waals surface area contributed by atoms with E-state index in [4.69, 9.17) is 4.42 Å². The lowest BCUT2D eigenvalue weighted by Crippen LogP contribution is -2.27. The Morgan fingerprint density at radius 2 is 1.69 bits per heavy atom. The lowest BCUT2D eigenvalue weighted by Gasteiger charge is -2.16. The van der Waals surface area contributed by atoms with Crippen LogP contribution in [0.1, 0.15) is 12.8 Å². The van der Waals surface area contributed by atoms with Gasteiger partial charge >= 0.3 is 5.76 Å². The highest BCUT2D eigenvalue weighted by atomic mass is 32.2. The van der Waals surface area contributed by atoms with E-state index in [2.05, 4.69) is 4.72 Å². The van der Waals surface area contributed by atoms with E-state index in [1.165, 1.54) is 58.4 Å². The van der Waals surface area contributed by atoms with Gasteiger partial charge in [0.15, 0.2) is 5.58 Å². The van der Waals surface area contributed by atoms with Crippen LogP contribution in [-0.4, -0.2) is 38.8 Å². The molecule has 0 saturated carbocycles. The zero-order valence-electron chi connectivity index (χ0n) is 15.5. The molecule has 1 N–H and O–H groups in total. The second-order valence-corrected chi connectivity index (χ2v) is 10.4. The van der Waals surface area contributed by atoms with Gasteiger partial charge < -0.3 is 4.42 Å². The fourth-order valence-corrected chi connectivity index (χ4v) is 5.92. The molecule has 29 heavy (non-hydrogen) atoms. The summed E-state index contributed by atoms with van der Waals surface area (Å²) >= 11 is 0. The minimum atomic E-state index is -4.02. The molecule has 0 atom stereocenters. The van der Waals surface area contributed by atoms with Crippen LogP contribution in [0.25, 0.3) is 11.1 Å². The smallest absolute Gasteiger partial charge is 0.408 e. The van der Waals surface area contributed by atoms with E-state index in [9.17, 15) is 21.6 Å². The summed E-state index contributed by atoms with van der Waals surface area (Å²) in [4.78, 5) is 11.5. The van der Waals surface area contributed by atoms with Gasteiger partial charge in [0.05, 0.1) is 21.0 Å². The summed E-state index contributed by atoms with van der Waals surface area (Å²) in [7, 11) is -6.16. The molecule has 0 unspecified atom stereocenters. The topological polar surface area (TPSA) is 119 Å². The second kappa shape index (κ2) is 7.01. The first-order chi connectivity index (χ1) is 13.7. The van der Waals surface area contributed by atoms with Gasteiger partial charge in [-0.05, 0) is 43.2 Å². The molecule has 3 aromatic rings. The number of aromatic nitrogens is 1. The number of rotatable bonds is 5. The zero-order chi connectivity index (χ0) is 20.8. The SMILES string of the molecule is Cn1c(=O)oc2cc(S(=O)(=O)Nc3cccc(S(=O)(=O)N4CCCC4)c3)ccc21. The van der Waals surface area contributed by atoms with Gasteiger partial charge in [0.25, 0.3) is 10.0 Å². The molecular weight excluding hydrogens is 418 g/mol. The van der Waals surface area contributed by atoms with Crippen LogP contribution in [0.15, 0.2) is 61.5 Å². The van der Waals surface area contributed by atoms with E-state index in [-0.39, 0.29) is 21.1 Å². The molecule has 4 rings (SSSR count). The van der Waals surface area contributed by atoms with Gasteiger partial charge in [0.1, 0.15) is 0 Å². The first-order valence-electron chi connectivity index (χ1n) is 8.91. The van der Waals surface area contributed by atoms with Crippen LogP contribution in [0.3, 0.4) is 0 Å². The van der Waals surface area contributed by atoms with Crippen LogP contribution in [-0.2, 0) is 27.1 Å². The van der Waals surface area contributed by atoms with Crippen LogP contribution in [0.5, 0.6) is 0 Å². The Morgan fingerprint density at radius 1 is 0.966 bits per heavy atom. The summed E-state index contributed by atoms with van der Waals surface area (Å²) < 4.78 is 61.0. The predicted octanol–water partition coefficient (Wildman–Crippen LogP) is 1.72. The molecule has 1 saturated heterocycles. The number of benzene rings is 2. The van der Waals surface area contributed by atoms with Gasteiger partial charge in [0.2, 0.25) is 10.0 Å². The summed E-state index contributed by atoms with van der Waals surface area (Å²) in [6, 6.07) is 9.78. The number of hydrogen-bond donors (Lipinski definition) is 1. The largest absolute Gasteiger partial charge is 0.419 e. The Bertz CT molecular complexity index is 1350. The van der Waals surface area contributed by atoms with Crippen molar-refractivity contribution in [1.82, 2.24) is 8.87 Å². The molecule has 0 bridgehead atoms. The van der Waals surface area contributed by atoms with Crippen LogP contribution in [0.4, 0.5) is 5.69 Å². The summed E-state index contributed by atoms with van der Waals surface area (Å²) in [5, 5.41) is 0. The number of hydrogen-bond acceptors (Lipinski definition) is 6. The maximum Gasteiger partial charge on any atom is 0.419 e. The summed E-state index contributed by atoms with van der Waals surface area (Å²) in [6.45, 7) is 0.918. The van der Waals surface area contributed by atoms with Crippen molar-refractivity contribution in [3.05, 3.63) is 53.0 Å². The van der Waals surface area contributed by atoms with Crippen LogP contribution in [0, 0.1) is 0 Å². The Hall–Kier alpha value is -2.63. The van der Waals surface area contributed by atoms with E-state index in [0.717, 1.165) is 12.8 Å². The van der Waals surface area contributed by atoms with E-state index in [1.54, 1.807) is 0 Å². The van der Waals surface area contributed by atoms with Gasteiger partial charge in [-0.2, -0.15) is 4.31 Å². The van der Waals surface area contributed by atoms with E-state index < -0.39 is 25.8 Å². The number of sulfonamides is 2. The number of fused-ring (bicyclic) bond motifs is 1. The van der Waals surface area contributed by atoms with E-state index in [1.807, 2.05) is 0 Å². The van der Waals surface area contributed by atoms with Crippen molar-refractivity contribution >= 4 is 36.8 Å². The summed E-state index contributed by atoms with van der Waals surface area (Å²) in [5.41, 5.74) is 0.735. The minimum Gasteiger partial charge on any atom is -0.408 e. The fourth-order valence-electron chi connectivity index (χ4n) is 3.29. The third-order valence-electron chi connectivity index (χ3n) is 4.86. The standard InChI is InChI=1S/C18H19N3O6S2/c1-20-16-8-7-14(12-17(16)27-18(20)22)28(23,24)19-13-5-4-6-15(11-13)29(25,26)21-9-2-3-10-21/h4-8,11-12,19H,2-3,9-10H2,1H3. The molecule has 2 aromatic carbocycles. The quantitative estimate of drug-likeness (QED) is 0.649. The molecule has 9 nitrogen and oxygen atoms in total. The Morgan fingerprint density at radius 3 is 2.41 bits per heavy atom. The Balaban J connectivity index is 1.66. The van der Waals surface area contributed by atoms with Crippen molar-refractivity contribution in [1.29, 1.82) is 0 Å². The van der Waals surface area contributed by atoms with Gasteiger partial charge in [-0.25, -0.2) is 21.6 Å². The van der Waals surface area contributed by atoms with Crippen molar-refractivity contribution in [3.8, 4) is 0 Å². The first-order valence-corrected chi connectivity index (χ1v) is 11.8. The molecule has 0 aliphatic carbocycles. The molecule has 0 amide bonds. The van der Waals surface area contributed by atoms with Crippen molar-refractivity contribution in [3.63, 3.8) is 0 Å². The monoisotopic (exact) mass is 437 g/mol. The average molecular weight is 437 g/mol. The maximum absolute atomic E-state index is 12.8. The molecule has 1 fully saturated rings. The summed E-state index contributed by atoms with van der Waals surface area (Å²) in [6.07, 6.45) is 1.62. The maximum atomic E-state index is 12.8. The van der Waals surface area contributed by atoms with Crippen LogP contribution in [0.2, 0.25) is 0 Å². The number of aryl methyl sites for hydroxylation is 1. The molecule has 1 aromatic heterocycles. The minimum absolute atomic E-state index is 0.0316. The number of nitrogens with one attached hydrogen (secondary N) is 1. The first kappa shape index (κ1) is 19.7. The highest BCUT2D eigenvalue weighted by Gasteiger charge is 2.27. The lowest BCUT2D eigenvalue weighted by molar-refractivity contribution is 0.477. The van der Waals surface area contributed by atoms with Gasteiger partial charge in [0, 0.05) is 26.2 Å². The molecule has 1 aliphatic heterocycles. The van der Waals surface area contributed by atoms with Gasteiger partial charge in [-0.15, -0.1) is 0 Å². The molecule has 2 heterocycles. The van der Waals surface area contributed by atoms with Crippen molar-refractivity contribution in [2.75, 3.05) is 17.8 Å². The van der Waals surface area contributed by atoms with E-state index in [0.29, 0.717) is 18.6 Å². The fraction of sp³-hybridized carbons (Fsp3) is 0.278.